The van der Waals surface area contributed by atoms with Crippen molar-refractivity contribution >= 4 is 21.3 Å². The van der Waals surface area contributed by atoms with Crippen molar-refractivity contribution in [2.45, 2.75) is 0 Å². The Morgan fingerprint density at radius 3 is 2.71 bits per heavy atom. The Balaban J connectivity index is 3.16. The number of nitrogen functional groups attached to an aromatic ring is 1. The van der Waals surface area contributed by atoms with E-state index in [0.717, 1.165) is 0 Å². The number of anilines is 1. The summed E-state index contributed by atoms with van der Waals surface area (Å²) in [5, 5.41) is 0. The van der Waals surface area contributed by atoms with Gasteiger partial charge in [0.15, 0.2) is 0 Å². The van der Waals surface area contributed by atoms with Crippen molar-refractivity contribution in [2.24, 2.45) is 4.36 Å². The van der Waals surface area contributed by atoms with Crippen molar-refractivity contribution in [2.75, 3.05) is 18.2 Å². The number of amides is 1. The fourth-order valence-electron chi connectivity index (χ4n) is 0.850. The zero-order valence-electron chi connectivity index (χ0n) is 7.93. The van der Waals surface area contributed by atoms with Crippen LogP contribution in [0.3, 0.4) is 0 Å². The van der Waals surface area contributed by atoms with Gasteiger partial charge in [0.2, 0.25) is 0 Å². The van der Waals surface area contributed by atoms with Crippen LogP contribution in [0.4, 0.5) is 5.69 Å². The Kier molecular flexibility index (Phi) is 2.85. The van der Waals surface area contributed by atoms with E-state index in [2.05, 4.69) is 9.35 Å². The van der Waals surface area contributed by atoms with Crippen LogP contribution >= 0.6 is 0 Å². The van der Waals surface area contributed by atoms with Gasteiger partial charge in [-0.25, -0.2) is 4.21 Å². The first-order chi connectivity index (χ1) is 6.40. The highest BCUT2D eigenvalue weighted by Gasteiger charge is 2.09. The summed E-state index contributed by atoms with van der Waals surface area (Å²) in [5.41, 5.74) is 5.98. The molecule has 1 aromatic rings. The number of carbonyl (C=O) groups excluding carboxylic acids is 1. The van der Waals surface area contributed by atoms with E-state index < -0.39 is 15.6 Å². The maximum atomic E-state index is 11.4. The molecule has 0 radical (unpaired) electrons. The Morgan fingerprint density at radius 1 is 1.57 bits per heavy atom. The second-order valence-electron chi connectivity index (χ2n) is 3.04. The summed E-state index contributed by atoms with van der Waals surface area (Å²) in [6.07, 6.45) is 5.58. The van der Waals surface area contributed by atoms with Gasteiger partial charge in [-0.05, 0) is 6.07 Å². The molecular formula is C8H11N3O2S. The first kappa shape index (κ1) is 10.6. The average Bonchev–Trinajstić information content (AvgIpc) is 2.01. The highest BCUT2D eigenvalue weighted by Crippen LogP contribution is 2.10. The van der Waals surface area contributed by atoms with Crippen LogP contribution in [0.2, 0.25) is 0 Å². The third kappa shape index (κ3) is 2.81. The van der Waals surface area contributed by atoms with Crippen LogP contribution in [0.1, 0.15) is 10.4 Å². The fourth-order valence-corrected chi connectivity index (χ4v) is 1.35. The molecule has 0 aliphatic rings. The van der Waals surface area contributed by atoms with Gasteiger partial charge in [0.1, 0.15) is 0 Å². The summed E-state index contributed by atoms with van der Waals surface area (Å²) in [6, 6.07) is 1.45. The van der Waals surface area contributed by atoms with E-state index >= 15 is 0 Å². The quantitative estimate of drug-likeness (QED) is 0.737. The van der Waals surface area contributed by atoms with Crippen molar-refractivity contribution in [3.63, 3.8) is 0 Å². The van der Waals surface area contributed by atoms with Crippen molar-refractivity contribution in [3.05, 3.63) is 24.0 Å². The molecule has 1 amide bonds. The van der Waals surface area contributed by atoms with Crippen LogP contribution in [0.5, 0.6) is 0 Å². The Morgan fingerprint density at radius 2 is 2.21 bits per heavy atom. The van der Waals surface area contributed by atoms with Gasteiger partial charge in [-0.3, -0.25) is 9.78 Å². The molecule has 76 valence electrons. The highest BCUT2D eigenvalue weighted by atomic mass is 32.2. The molecule has 0 unspecified atom stereocenters. The van der Waals surface area contributed by atoms with E-state index in [9.17, 15) is 9.00 Å². The van der Waals surface area contributed by atoms with Crippen LogP contribution in [-0.4, -0.2) is 27.6 Å². The monoisotopic (exact) mass is 213 g/mol. The molecule has 1 rings (SSSR count). The molecular weight excluding hydrogens is 202 g/mol. The number of nitrogens with two attached hydrogens (primary N) is 1. The normalized spacial score (nSPS) is 11.0. The van der Waals surface area contributed by atoms with Gasteiger partial charge in [0.05, 0.1) is 17.4 Å². The zero-order valence-corrected chi connectivity index (χ0v) is 8.75. The van der Waals surface area contributed by atoms with Gasteiger partial charge < -0.3 is 5.73 Å². The van der Waals surface area contributed by atoms with Crippen LogP contribution in [0.25, 0.3) is 0 Å². The van der Waals surface area contributed by atoms with Gasteiger partial charge in [0.25, 0.3) is 5.91 Å². The summed E-state index contributed by atoms with van der Waals surface area (Å²) in [6.45, 7) is 0. The third-order valence-corrected chi connectivity index (χ3v) is 1.99. The molecule has 0 spiro atoms. The predicted molar refractivity (Wildman–Crippen MR) is 55.4 cm³/mol. The lowest BCUT2D eigenvalue weighted by Gasteiger charge is -1.99. The number of aromatic nitrogens is 1. The van der Waals surface area contributed by atoms with Crippen LogP contribution < -0.4 is 5.73 Å². The number of pyridine rings is 1. The minimum atomic E-state index is -2.44. The number of hydrogen-bond acceptors (Lipinski definition) is 4. The van der Waals surface area contributed by atoms with Gasteiger partial charge in [-0.2, -0.15) is 4.36 Å². The van der Waals surface area contributed by atoms with Gasteiger partial charge in [-0.15, -0.1) is 0 Å². The van der Waals surface area contributed by atoms with Crippen molar-refractivity contribution in [1.29, 1.82) is 0 Å². The Bertz CT molecular complexity index is 467. The molecule has 0 fully saturated rings. The topological polar surface area (TPSA) is 85.4 Å². The standard InChI is InChI=1S/C8H11N3O2S/c1-14(2,13)11-8(12)6-3-4-10-5-7(6)9/h3-5H,9H2,1-2H3. The van der Waals surface area contributed by atoms with E-state index in [0.29, 0.717) is 0 Å². The van der Waals surface area contributed by atoms with Crippen molar-refractivity contribution in [1.82, 2.24) is 4.98 Å². The first-order valence-electron chi connectivity index (χ1n) is 3.81. The fraction of sp³-hybridized carbons (Fsp3) is 0.250. The summed E-state index contributed by atoms with van der Waals surface area (Å²) >= 11 is 0. The van der Waals surface area contributed by atoms with E-state index in [1.54, 1.807) is 0 Å². The number of carbonyl (C=O) groups is 1. The summed E-state index contributed by atoms with van der Waals surface area (Å²) < 4.78 is 14.8. The maximum Gasteiger partial charge on any atom is 0.287 e. The Hall–Kier alpha value is -1.43. The lowest BCUT2D eigenvalue weighted by molar-refractivity contribution is 0.101. The molecule has 5 nitrogen and oxygen atoms in total. The molecule has 0 saturated heterocycles. The molecule has 0 bridgehead atoms. The predicted octanol–water partition coefficient (Wildman–Crippen LogP) is 0.532. The van der Waals surface area contributed by atoms with E-state index in [1.165, 1.54) is 31.0 Å². The summed E-state index contributed by atoms with van der Waals surface area (Å²) in [7, 11) is -2.44. The van der Waals surface area contributed by atoms with E-state index in [4.69, 9.17) is 5.73 Å². The van der Waals surface area contributed by atoms with Crippen molar-refractivity contribution in [3.8, 4) is 0 Å². The van der Waals surface area contributed by atoms with E-state index in [-0.39, 0.29) is 11.3 Å². The Labute approximate surface area is 82.5 Å². The second-order valence-corrected chi connectivity index (χ2v) is 5.59. The third-order valence-electron chi connectivity index (χ3n) is 1.39. The molecule has 2 N–H and O–H groups in total. The average molecular weight is 213 g/mol. The molecule has 0 aliphatic heterocycles. The summed E-state index contributed by atoms with van der Waals surface area (Å²) in [5.74, 6) is -0.570. The minimum Gasteiger partial charge on any atom is -0.397 e. The van der Waals surface area contributed by atoms with Gasteiger partial charge in [0, 0.05) is 28.4 Å². The smallest absolute Gasteiger partial charge is 0.287 e. The number of rotatable bonds is 1. The SMILES string of the molecule is CS(C)(=O)=NC(=O)c1ccncc1N. The molecule has 0 aromatic carbocycles. The van der Waals surface area contributed by atoms with E-state index in [1.807, 2.05) is 0 Å². The van der Waals surface area contributed by atoms with Crippen LogP contribution in [-0.2, 0) is 9.73 Å². The zero-order chi connectivity index (χ0) is 10.8. The highest BCUT2D eigenvalue weighted by molar-refractivity contribution is 7.92. The first-order valence-corrected chi connectivity index (χ1v) is 6.14. The lowest BCUT2D eigenvalue weighted by Crippen LogP contribution is -2.04. The van der Waals surface area contributed by atoms with Crippen molar-refractivity contribution < 1.29 is 9.00 Å². The number of hydrogen-bond donors (Lipinski definition) is 1. The lowest BCUT2D eigenvalue weighted by atomic mass is 10.2. The largest absolute Gasteiger partial charge is 0.397 e. The molecule has 1 heterocycles. The molecule has 1 aromatic heterocycles. The number of nitrogens with zero attached hydrogens (tertiary/aromatic N) is 2. The minimum absolute atomic E-state index is 0.233. The molecule has 0 saturated carbocycles. The van der Waals surface area contributed by atoms with Gasteiger partial charge in [-0.1, -0.05) is 0 Å². The summed E-state index contributed by atoms with van der Waals surface area (Å²) in [4.78, 5) is 15.2. The molecule has 6 heteroatoms. The molecule has 0 atom stereocenters. The molecule has 0 aliphatic carbocycles. The van der Waals surface area contributed by atoms with Gasteiger partial charge >= 0.3 is 0 Å². The second kappa shape index (κ2) is 3.75. The maximum absolute atomic E-state index is 11.4. The van der Waals surface area contributed by atoms with Crippen LogP contribution in [0.15, 0.2) is 22.8 Å². The molecule has 14 heavy (non-hydrogen) atoms. The van der Waals surface area contributed by atoms with Crippen LogP contribution in [0, 0.1) is 0 Å².